The third kappa shape index (κ3) is 1.96. The minimum atomic E-state index is -0.923. The summed E-state index contributed by atoms with van der Waals surface area (Å²) >= 11 is 0. The molecule has 1 amide bonds. The lowest BCUT2D eigenvalue weighted by molar-refractivity contribution is -0.140. The van der Waals surface area contributed by atoms with Gasteiger partial charge in [-0.1, -0.05) is 19.8 Å². The summed E-state index contributed by atoms with van der Waals surface area (Å²) in [5.41, 5.74) is -0.468. The molecular formula is C11H15NO3. The molecular weight excluding hydrogens is 194 g/mol. The van der Waals surface area contributed by atoms with Gasteiger partial charge in [-0.25, -0.2) is 0 Å². The summed E-state index contributed by atoms with van der Waals surface area (Å²) in [7, 11) is 0. The number of rotatable bonds is 3. The Kier molecular flexibility index (Phi) is 2.76. The summed E-state index contributed by atoms with van der Waals surface area (Å²) in [4.78, 5) is 22.5. The van der Waals surface area contributed by atoms with Gasteiger partial charge >= 0.3 is 5.97 Å². The van der Waals surface area contributed by atoms with Gasteiger partial charge in [0.1, 0.15) is 0 Å². The van der Waals surface area contributed by atoms with Crippen LogP contribution in [0.25, 0.3) is 0 Å². The third-order valence-corrected chi connectivity index (χ3v) is 2.98. The van der Waals surface area contributed by atoms with Crippen molar-refractivity contribution in [2.75, 3.05) is 0 Å². The maximum atomic E-state index is 11.6. The maximum Gasteiger partial charge on any atom is 0.307 e. The van der Waals surface area contributed by atoms with Gasteiger partial charge in [0.05, 0.1) is 17.9 Å². The summed E-state index contributed by atoms with van der Waals surface area (Å²) in [6.45, 7) is 5.23. The molecule has 0 aromatic rings. The topological polar surface area (TPSA) is 66.4 Å². The molecule has 2 N–H and O–H groups in total. The van der Waals surface area contributed by atoms with E-state index >= 15 is 0 Å². The lowest BCUT2D eigenvalue weighted by Gasteiger charge is -2.07. The number of carboxylic acid groups (broad SMARTS) is 1. The van der Waals surface area contributed by atoms with Gasteiger partial charge < -0.3 is 10.4 Å². The van der Waals surface area contributed by atoms with Crippen LogP contribution >= 0.6 is 0 Å². The molecule has 3 atom stereocenters. The number of aliphatic carboxylic acids is 1. The molecule has 1 aliphatic carbocycles. The number of hydrogen-bond acceptors (Lipinski definition) is 2. The highest BCUT2D eigenvalue weighted by atomic mass is 16.4. The van der Waals surface area contributed by atoms with Crippen molar-refractivity contribution in [3.05, 3.63) is 0 Å². The van der Waals surface area contributed by atoms with Crippen molar-refractivity contribution in [3.63, 3.8) is 0 Å². The smallest absolute Gasteiger partial charge is 0.307 e. The molecule has 0 radical (unpaired) electrons. The van der Waals surface area contributed by atoms with E-state index in [0.29, 0.717) is 0 Å². The molecule has 0 aromatic heterocycles. The van der Waals surface area contributed by atoms with Crippen LogP contribution < -0.4 is 5.32 Å². The second kappa shape index (κ2) is 3.58. The van der Waals surface area contributed by atoms with Gasteiger partial charge in [0, 0.05) is 0 Å². The SMILES string of the molecule is C#CC(C)NC(=O)C1C(C(=O)O)C1(C)C. The first kappa shape index (κ1) is 11.6. The molecule has 4 nitrogen and oxygen atoms in total. The number of hydrogen-bond donors (Lipinski definition) is 2. The van der Waals surface area contributed by atoms with Crippen LogP contribution in [-0.2, 0) is 9.59 Å². The predicted molar refractivity (Wildman–Crippen MR) is 54.8 cm³/mol. The summed E-state index contributed by atoms with van der Waals surface area (Å²) in [5, 5.41) is 11.5. The van der Waals surface area contributed by atoms with Crippen molar-refractivity contribution >= 4 is 11.9 Å². The minimum Gasteiger partial charge on any atom is -0.481 e. The number of carbonyl (C=O) groups excluding carboxylic acids is 1. The second-order valence-electron chi connectivity index (χ2n) is 4.51. The monoisotopic (exact) mass is 209 g/mol. The van der Waals surface area contributed by atoms with Gasteiger partial charge in [0.25, 0.3) is 0 Å². The molecule has 4 heteroatoms. The number of carbonyl (C=O) groups is 2. The number of terminal acetylenes is 1. The van der Waals surface area contributed by atoms with E-state index in [-0.39, 0.29) is 11.9 Å². The van der Waals surface area contributed by atoms with Crippen molar-refractivity contribution in [2.24, 2.45) is 17.3 Å². The Morgan fingerprint density at radius 1 is 1.47 bits per heavy atom. The molecule has 0 heterocycles. The molecule has 3 unspecified atom stereocenters. The molecule has 82 valence electrons. The molecule has 0 spiro atoms. The van der Waals surface area contributed by atoms with Crippen LogP contribution in [0.4, 0.5) is 0 Å². The van der Waals surface area contributed by atoms with E-state index in [0.717, 1.165) is 0 Å². The van der Waals surface area contributed by atoms with E-state index in [1.165, 1.54) is 0 Å². The van der Waals surface area contributed by atoms with Gasteiger partial charge in [-0.15, -0.1) is 6.42 Å². The molecule has 1 saturated carbocycles. The Labute approximate surface area is 89.0 Å². The average molecular weight is 209 g/mol. The molecule has 0 aliphatic heterocycles. The van der Waals surface area contributed by atoms with Gasteiger partial charge in [0.15, 0.2) is 0 Å². The quantitative estimate of drug-likeness (QED) is 0.664. The first-order valence-corrected chi connectivity index (χ1v) is 4.81. The summed E-state index contributed by atoms with van der Waals surface area (Å²) in [6, 6.07) is -0.358. The van der Waals surface area contributed by atoms with Crippen LogP contribution in [0.3, 0.4) is 0 Å². The zero-order valence-corrected chi connectivity index (χ0v) is 9.07. The van der Waals surface area contributed by atoms with Crippen molar-refractivity contribution in [1.82, 2.24) is 5.32 Å². The van der Waals surface area contributed by atoms with Gasteiger partial charge in [-0.3, -0.25) is 9.59 Å². The lowest BCUT2D eigenvalue weighted by Crippen LogP contribution is -2.34. The van der Waals surface area contributed by atoms with Crippen molar-refractivity contribution in [2.45, 2.75) is 26.8 Å². The highest BCUT2D eigenvalue weighted by Gasteiger charge is 2.65. The van der Waals surface area contributed by atoms with Crippen LogP contribution in [0, 0.1) is 29.6 Å². The van der Waals surface area contributed by atoms with Gasteiger partial charge in [-0.05, 0) is 12.3 Å². The van der Waals surface area contributed by atoms with E-state index in [1.807, 2.05) is 0 Å². The second-order valence-corrected chi connectivity index (χ2v) is 4.51. The van der Waals surface area contributed by atoms with E-state index < -0.39 is 23.2 Å². The largest absolute Gasteiger partial charge is 0.481 e. The lowest BCUT2D eigenvalue weighted by atomic mass is 10.1. The molecule has 15 heavy (non-hydrogen) atoms. The normalized spacial score (nSPS) is 28.7. The predicted octanol–water partition coefficient (Wildman–Crippen LogP) is 0.481. The van der Waals surface area contributed by atoms with Gasteiger partial charge in [0.2, 0.25) is 5.91 Å². The fourth-order valence-corrected chi connectivity index (χ4v) is 1.93. The van der Waals surface area contributed by atoms with E-state index in [2.05, 4.69) is 11.2 Å². The Morgan fingerprint density at radius 2 is 2.00 bits per heavy atom. The highest BCUT2D eigenvalue weighted by molar-refractivity contribution is 5.91. The van der Waals surface area contributed by atoms with E-state index in [4.69, 9.17) is 11.5 Å². The Bertz CT molecular complexity index is 340. The minimum absolute atomic E-state index is 0.266. The van der Waals surface area contributed by atoms with Crippen molar-refractivity contribution < 1.29 is 14.7 Å². The zero-order chi connectivity index (χ0) is 11.8. The van der Waals surface area contributed by atoms with E-state index in [1.54, 1.807) is 20.8 Å². The van der Waals surface area contributed by atoms with Crippen LogP contribution in [0.2, 0.25) is 0 Å². The summed E-state index contributed by atoms with van der Waals surface area (Å²) in [5.74, 6) is 0.120. The molecule has 0 saturated heterocycles. The van der Waals surface area contributed by atoms with Crippen molar-refractivity contribution in [3.8, 4) is 12.3 Å². The fraction of sp³-hybridized carbons (Fsp3) is 0.636. The number of nitrogens with one attached hydrogen (secondary N) is 1. The molecule has 1 aliphatic rings. The van der Waals surface area contributed by atoms with Crippen LogP contribution in [-0.4, -0.2) is 23.0 Å². The maximum absolute atomic E-state index is 11.6. The highest BCUT2D eigenvalue weighted by Crippen LogP contribution is 2.58. The molecule has 1 rings (SSSR count). The summed E-state index contributed by atoms with van der Waals surface area (Å²) in [6.07, 6.45) is 5.12. The number of carboxylic acids is 1. The van der Waals surface area contributed by atoms with E-state index in [9.17, 15) is 9.59 Å². The standard InChI is InChI=1S/C11H15NO3/c1-5-6(2)12-9(13)7-8(10(14)15)11(7,3)4/h1,6-8H,2-4H3,(H,12,13)(H,14,15). The average Bonchev–Trinajstić information content (AvgIpc) is 2.68. The van der Waals surface area contributed by atoms with Crippen molar-refractivity contribution in [1.29, 1.82) is 0 Å². The molecule has 1 fully saturated rings. The summed E-state index contributed by atoms with van der Waals surface area (Å²) < 4.78 is 0. The molecule has 0 aromatic carbocycles. The van der Waals surface area contributed by atoms with Crippen LogP contribution in [0.1, 0.15) is 20.8 Å². The van der Waals surface area contributed by atoms with Gasteiger partial charge in [-0.2, -0.15) is 0 Å². The Hall–Kier alpha value is -1.50. The Morgan fingerprint density at radius 3 is 2.33 bits per heavy atom. The number of amides is 1. The molecule has 0 bridgehead atoms. The zero-order valence-electron chi connectivity index (χ0n) is 9.07. The van der Waals surface area contributed by atoms with Crippen LogP contribution in [0.5, 0.6) is 0 Å². The Balaban J connectivity index is 2.65. The first-order chi connectivity index (χ1) is 6.82. The van der Waals surface area contributed by atoms with Crippen LogP contribution in [0.15, 0.2) is 0 Å². The third-order valence-electron chi connectivity index (χ3n) is 2.98. The fourth-order valence-electron chi connectivity index (χ4n) is 1.93. The first-order valence-electron chi connectivity index (χ1n) is 4.81.